The second-order valence-corrected chi connectivity index (χ2v) is 10.3. The summed E-state index contributed by atoms with van der Waals surface area (Å²) in [4.78, 5) is 12.1. The molecule has 0 amide bonds. The number of hydrogen-bond acceptors (Lipinski definition) is 5. The number of quaternary nitrogens is 1. The molecular weight excluding hydrogens is 414 g/mol. The molecule has 0 heterocycles. The molecule has 0 aromatic carbocycles. The van der Waals surface area contributed by atoms with Crippen LogP contribution in [0.25, 0.3) is 0 Å². The fourth-order valence-electron chi connectivity index (χ4n) is 3.01. The first kappa shape index (κ1) is 32.4. The Morgan fingerprint density at radius 1 is 0.871 bits per heavy atom. The highest BCUT2D eigenvalue weighted by Gasteiger charge is 2.25. The van der Waals surface area contributed by atoms with E-state index in [-0.39, 0.29) is 6.04 Å². The van der Waals surface area contributed by atoms with Gasteiger partial charge in [0.05, 0.1) is 28.3 Å². The number of unbranched alkanes of at least 4 members (excludes halogenated alkanes) is 11. The first-order valence-corrected chi connectivity index (χ1v) is 13.3. The fraction of sp³-hybridized carbons (Fsp3) is 0.875. The van der Waals surface area contributed by atoms with Crippen molar-refractivity contribution in [2.75, 3.05) is 28.3 Å². The van der Waals surface area contributed by atoms with Gasteiger partial charge in [-0.3, -0.25) is 8.98 Å². The Kier molecular flexibility index (Phi) is 20.8. The Balaban J connectivity index is 0. The van der Waals surface area contributed by atoms with Gasteiger partial charge in [-0.1, -0.05) is 70.4 Å². The molecule has 7 heteroatoms. The van der Waals surface area contributed by atoms with Crippen LogP contribution in [0.15, 0.2) is 12.2 Å². The Labute approximate surface area is 193 Å². The van der Waals surface area contributed by atoms with Crippen LogP contribution in [0.1, 0.15) is 104 Å². The summed E-state index contributed by atoms with van der Waals surface area (Å²) < 4.78 is 31.8. The van der Waals surface area contributed by atoms with Crippen LogP contribution < -0.4 is 0 Å². The number of carbonyl (C=O) groups is 1. The van der Waals surface area contributed by atoms with Gasteiger partial charge in [-0.2, -0.15) is 0 Å². The van der Waals surface area contributed by atoms with Crippen molar-refractivity contribution in [1.82, 2.24) is 0 Å². The van der Waals surface area contributed by atoms with Crippen LogP contribution in [0.4, 0.5) is 0 Å². The van der Waals surface area contributed by atoms with E-state index in [9.17, 15) is 17.8 Å². The molecule has 0 saturated carbocycles. The molecule has 0 saturated heterocycles. The molecule has 0 N–H and O–H groups in total. The smallest absolute Gasteiger partial charge is 0.217 e. The van der Waals surface area contributed by atoms with Gasteiger partial charge in [0, 0.05) is 6.42 Å². The van der Waals surface area contributed by atoms with E-state index < -0.39 is 10.4 Å². The molecule has 1 unspecified atom stereocenters. The number of ketones is 1. The second kappa shape index (κ2) is 19.9. The zero-order valence-electron chi connectivity index (χ0n) is 21.0. The van der Waals surface area contributed by atoms with Crippen LogP contribution in [0.5, 0.6) is 0 Å². The molecule has 0 aliphatic carbocycles. The normalized spacial score (nSPS) is 13.1. The van der Waals surface area contributed by atoms with E-state index in [0.29, 0.717) is 5.78 Å². The Bertz CT molecular complexity index is 553. The highest BCUT2D eigenvalue weighted by Crippen LogP contribution is 2.12. The van der Waals surface area contributed by atoms with Crippen LogP contribution >= 0.6 is 0 Å². The molecular formula is C24H49NO5S. The predicted molar refractivity (Wildman–Crippen MR) is 129 cm³/mol. The average molecular weight is 464 g/mol. The summed E-state index contributed by atoms with van der Waals surface area (Å²) >= 11 is 0. The quantitative estimate of drug-likeness (QED) is 0.0845. The van der Waals surface area contributed by atoms with Crippen molar-refractivity contribution in [3.05, 3.63) is 12.2 Å². The molecule has 0 aromatic rings. The van der Waals surface area contributed by atoms with Gasteiger partial charge in [0.25, 0.3) is 0 Å². The van der Waals surface area contributed by atoms with E-state index >= 15 is 0 Å². The highest BCUT2D eigenvalue weighted by atomic mass is 32.3. The van der Waals surface area contributed by atoms with Crippen LogP contribution in [0, 0.1) is 0 Å². The molecule has 0 aliphatic rings. The molecule has 0 spiro atoms. The van der Waals surface area contributed by atoms with E-state index in [1.54, 1.807) is 0 Å². The first-order chi connectivity index (χ1) is 14.5. The SMILES string of the molecule is CCCCCCCC/C=C\CCCCCCCC(=O)C(C)[N+](C)(C)C.COS(=O)(=O)[O-]. The number of likely N-dealkylation sites (N-methyl/N-ethyl adjacent to an activating group) is 1. The number of allylic oxidation sites excluding steroid dienone is 2. The fourth-order valence-corrected chi connectivity index (χ4v) is 3.01. The molecule has 6 nitrogen and oxygen atoms in total. The monoisotopic (exact) mass is 463 g/mol. The molecule has 0 fully saturated rings. The van der Waals surface area contributed by atoms with E-state index in [1.807, 2.05) is 0 Å². The number of nitrogens with zero attached hydrogens (tertiary/aromatic N) is 1. The van der Waals surface area contributed by atoms with Gasteiger partial charge >= 0.3 is 0 Å². The summed E-state index contributed by atoms with van der Waals surface area (Å²) in [5.41, 5.74) is 0. The lowest BCUT2D eigenvalue weighted by Crippen LogP contribution is -2.47. The summed E-state index contributed by atoms with van der Waals surface area (Å²) in [6, 6.07) is 0.122. The number of hydrogen-bond donors (Lipinski definition) is 0. The van der Waals surface area contributed by atoms with Crippen LogP contribution in [0.3, 0.4) is 0 Å². The molecule has 1 atom stereocenters. The van der Waals surface area contributed by atoms with Crippen molar-refractivity contribution in [3.8, 4) is 0 Å². The van der Waals surface area contributed by atoms with E-state index in [4.69, 9.17) is 0 Å². The standard InChI is InChI=1S/C23H46NO.CH4O4S/c1-6-7-8-9-10-11-12-13-14-15-16-17-18-19-20-21-23(25)22(2)24(3,4)5;1-5-6(2,3)4/h13-14,22H,6-12,15-21H2,1-5H3;1H3,(H,2,3,4)/q+1;/p-1/b14-13-;. The summed E-state index contributed by atoms with van der Waals surface area (Å²) in [6.45, 7) is 4.33. The van der Waals surface area contributed by atoms with Crippen LogP contribution in [-0.4, -0.2) is 57.5 Å². The molecule has 0 radical (unpaired) electrons. The molecule has 0 bridgehead atoms. The van der Waals surface area contributed by atoms with Gasteiger partial charge in [-0.25, -0.2) is 8.42 Å². The second-order valence-electron chi connectivity index (χ2n) is 9.17. The van der Waals surface area contributed by atoms with Crippen molar-refractivity contribution in [1.29, 1.82) is 0 Å². The number of carbonyl (C=O) groups excluding carboxylic acids is 1. The summed E-state index contributed by atoms with van der Waals surface area (Å²) in [5, 5.41) is 0. The van der Waals surface area contributed by atoms with Crippen molar-refractivity contribution in [3.63, 3.8) is 0 Å². The summed E-state index contributed by atoms with van der Waals surface area (Å²) in [5.74, 6) is 0.421. The topological polar surface area (TPSA) is 83.5 Å². The summed E-state index contributed by atoms with van der Waals surface area (Å²) in [6.07, 6.45) is 22.5. The summed E-state index contributed by atoms with van der Waals surface area (Å²) in [7, 11) is 2.70. The first-order valence-electron chi connectivity index (χ1n) is 12.0. The predicted octanol–water partition coefficient (Wildman–Crippen LogP) is 5.78. The van der Waals surface area contributed by atoms with E-state index in [1.165, 1.54) is 77.0 Å². The van der Waals surface area contributed by atoms with Crippen molar-refractivity contribution < 1.29 is 26.4 Å². The van der Waals surface area contributed by atoms with Gasteiger partial charge in [0.1, 0.15) is 6.04 Å². The van der Waals surface area contributed by atoms with Crippen molar-refractivity contribution in [2.24, 2.45) is 0 Å². The van der Waals surface area contributed by atoms with Crippen molar-refractivity contribution >= 4 is 16.2 Å². The molecule has 31 heavy (non-hydrogen) atoms. The lowest BCUT2D eigenvalue weighted by atomic mass is 10.0. The minimum absolute atomic E-state index is 0.122. The minimum Gasteiger partial charge on any atom is -0.726 e. The van der Waals surface area contributed by atoms with Crippen LogP contribution in [-0.2, 0) is 19.4 Å². The Morgan fingerprint density at radius 2 is 1.26 bits per heavy atom. The van der Waals surface area contributed by atoms with Crippen molar-refractivity contribution in [2.45, 2.75) is 110 Å². The van der Waals surface area contributed by atoms with E-state index in [2.05, 4.69) is 51.3 Å². The lowest BCUT2D eigenvalue weighted by molar-refractivity contribution is -0.884. The van der Waals surface area contributed by atoms with Gasteiger partial charge in [-0.15, -0.1) is 0 Å². The molecule has 0 rings (SSSR count). The average Bonchev–Trinajstić information content (AvgIpc) is 2.69. The van der Waals surface area contributed by atoms with Gasteiger partial charge in [0.15, 0.2) is 5.78 Å². The molecule has 186 valence electrons. The maximum absolute atomic E-state index is 12.1. The third kappa shape index (κ3) is 25.4. The number of Topliss-reactive ketones (excluding diaryl/α,β-unsaturated/α-hetero) is 1. The van der Waals surface area contributed by atoms with Gasteiger partial charge < -0.3 is 9.04 Å². The number of rotatable bonds is 18. The maximum Gasteiger partial charge on any atom is 0.217 e. The Hall–Kier alpha value is -0.760. The third-order valence-electron chi connectivity index (χ3n) is 5.52. The van der Waals surface area contributed by atoms with E-state index in [0.717, 1.165) is 24.4 Å². The third-order valence-corrected chi connectivity index (χ3v) is 5.93. The molecule has 0 aromatic heterocycles. The zero-order chi connectivity index (χ0) is 24.2. The van der Waals surface area contributed by atoms with Gasteiger partial charge in [0.2, 0.25) is 10.4 Å². The van der Waals surface area contributed by atoms with Crippen LogP contribution in [0.2, 0.25) is 0 Å². The molecule has 0 aliphatic heterocycles. The minimum atomic E-state index is -4.41. The Morgan fingerprint density at radius 3 is 1.65 bits per heavy atom. The van der Waals surface area contributed by atoms with Gasteiger partial charge in [-0.05, 0) is 39.0 Å². The lowest BCUT2D eigenvalue weighted by Gasteiger charge is -2.30. The maximum atomic E-state index is 12.1. The highest BCUT2D eigenvalue weighted by molar-refractivity contribution is 7.80. The zero-order valence-corrected chi connectivity index (χ0v) is 21.8. The largest absolute Gasteiger partial charge is 0.726 e.